The molecule has 0 saturated carbocycles. The number of hydrogen-bond acceptors (Lipinski definition) is 10. The average molecular weight is 959 g/mol. The number of anilines is 8. The maximum Gasteiger partial charge on any atom is 0.0738 e. The lowest BCUT2D eigenvalue weighted by molar-refractivity contribution is 0.590. The lowest BCUT2D eigenvalue weighted by Gasteiger charge is -2.22. The molecule has 9 rings (SSSR count). The molecular formula is C60H70N12. The monoisotopic (exact) mass is 959 g/mol. The molecule has 2 aliphatic heterocycles. The van der Waals surface area contributed by atoms with Crippen LogP contribution in [-0.2, 0) is 21.7 Å². The Balaban J connectivity index is 1.52. The first-order valence-electron chi connectivity index (χ1n) is 24.5. The minimum atomic E-state index is -0.222. The van der Waals surface area contributed by atoms with Crippen molar-refractivity contribution in [3.8, 4) is 44.5 Å². The van der Waals surface area contributed by atoms with E-state index in [1.165, 1.54) is 0 Å². The van der Waals surface area contributed by atoms with Gasteiger partial charge < -0.3 is 55.8 Å². The van der Waals surface area contributed by atoms with Crippen LogP contribution in [0.1, 0.15) is 128 Å². The summed E-state index contributed by atoms with van der Waals surface area (Å²) >= 11 is 0. The van der Waals surface area contributed by atoms with Gasteiger partial charge in [0.1, 0.15) is 0 Å². The average Bonchev–Trinajstić information content (AvgIpc) is 4.10. The molecule has 72 heavy (non-hydrogen) atoms. The van der Waals surface area contributed by atoms with E-state index in [1.807, 2.05) is 97.1 Å². The number of nitrogens with zero attached hydrogens (tertiary/aromatic N) is 2. The lowest BCUT2D eigenvalue weighted by Crippen LogP contribution is -2.13. The van der Waals surface area contributed by atoms with Gasteiger partial charge in [-0.15, -0.1) is 0 Å². The third-order valence-corrected chi connectivity index (χ3v) is 14.0. The Morgan fingerprint density at radius 1 is 0.278 bits per heavy atom. The zero-order chi connectivity index (χ0) is 52.3. The van der Waals surface area contributed by atoms with Gasteiger partial charge in [0.15, 0.2) is 0 Å². The predicted molar refractivity (Wildman–Crippen MR) is 311 cm³/mol. The number of nitrogens with one attached hydrogen (secondary N) is 2. The SMILES string of the molecule is CC(C)(C)c1cc(N)c(-c2c3nc(c(-c4c(N)cc(C(C)(C)C)cc4N)c4ccc([nH]4)c(-c4c(N)cc(C(C)(C)C)cc4N)c4nc(c(-c5c(N)cc(C(C)(C)C)cc5N)c5ccc2[nH]5)C=C4)C=C3)c(N)c1. The van der Waals surface area contributed by atoms with Crippen LogP contribution in [0, 0.1) is 0 Å². The summed E-state index contributed by atoms with van der Waals surface area (Å²) in [5, 5.41) is 0. The summed E-state index contributed by atoms with van der Waals surface area (Å²) in [5.41, 5.74) is 74.6. The van der Waals surface area contributed by atoms with Gasteiger partial charge in [0.25, 0.3) is 0 Å². The van der Waals surface area contributed by atoms with Gasteiger partial charge in [-0.3, -0.25) is 0 Å². The fourth-order valence-electron chi connectivity index (χ4n) is 9.90. The number of aromatic amines is 2. The van der Waals surface area contributed by atoms with Gasteiger partial charge in [-0.25, -0.2) is 9.97 Å². The van der Waals surface area contributed by atoms with Gasteiger partial charge in [-0.05, 0) is 141 Å². The predicted octanol–water partition coefficient (Wildman–Crippen LogP) is 13.2. The van der Waals surface area contributed by atoms with Gasteiger partial charge in [-0.1, -0.05) is 83.1 Å². The molecule has 0 amide bonds. The Bertz CT molecular complexity index is 3080. The maximum absolute atomic E-state index is 7.12. The summed E-state index contributed by atoms with van der Waals surface area (Å²) < 4.78 is 0. The van der Waals surface area contributed by atoms with Crippen molar-refractivity contribution in [2.75, 3.05) is 45.9 Å². The second kappa shape index (κ2) is 16.8. The van der Waals surface area contributed by atoms with Crippen molar-refractivity contribution < 1.29 is 0 Å². The van der Waals surface area contributed by atoms with E-state index < -0.39 is 0 Å². The number of nitrogens with two attached hydrogens (primary N) is 8. The minimum absolute atomic E-state index is 0.222. The fraction of sp³-hybridized carbons (Fsp3) is 0.267. The molecule has 0 spiro atoms. The van der Waals surface area contributed by atoms with Crippen molar-refractivity contribution in [3.05, 3.63) is 118 Å². The molecule has 18 N–H and O–H groups in total. The molecule has 0 saturated heterocycles. The van der Waals surface area contributed by atoms with Crippen LogP contribution < -0.4 is 45.9 Å². The van der Waals surface area contributed by atoms with Crippen LogP contribution in [0.5, 0.6) is 0 Å². The summed E-state index contributed by atoms with van der Waals surface area (Å²) in [6.07, 6.45) is 7.91. The number of rotatable bonds is 4. The zero-order valence-electron chi connectivity index (χ0n) is 43.8. The van der Waals surface area contributed by atoms with Crippen LogP contribution in [0.3, 0.4) is 0 Å². The van der Waals surface area contributed by atoms with E-state index in [0.717, 1.165) is 22.3 Å². The maximum atomic E-state index is 7.12. The number of H-pyrrole nitrogens is 2. The molecule has 0 aliphatic carbocycles. The molecule has 5 heterocycles. The van der Waals surface area contributed by atoms with Crippen molar-refractivity contribution in [2.45, 2.75) is 105 Å². The fourth-order valence-corrected chi connectivity index (χ4v) is 9.90. The molecule has 4 aromatic carbocycles. The first-order valence-corrected chi connectivity index (χ1v) is 24.5. The van der Waals surface area contributed by atoms with Crippen molar-refractivity contribution in [1.82, 2.24) is 19.9 Å². The van der Waals surface area contributed by atoms with Crippen LogP contribution in [0.25, 0.3) is 90.9 Å². The van der Waals surface area contributed by atoms with Crippen molar-refractivity contribution in [1.29, 1.82) is 0 Å². The highest BCUT2D eigenvalue weighted by molar-refractivity contribution is 6.07. The van der Waals surface area contributed by atoms with E-state index >= 15 is 0 Å². The number of hydrogen-bond donors (Lipinski definition) is 10. The highest BCUT2D eigenvalue weighted by Crippen LogP contribution is 2.48. The first-order chi connectivity index (χ1) is 33.5. The summed E-state index contributed by atoms with van der Waals surface area (Å²) in [6, 6.07) is 24.0. The molecule has 12 nitrogen and oxygen atoms in total. The van der Waals surface area contributed by atoms with Crippen molar-refractivity contribution in [2.24, 2.45) is 0 Å². The van der Waals surface area contributed by atoms with Gasteiger partial charge in [-0.2, -0.15) is 0 Å². The van der Waals surface area contributed by atoms with Crippen molar-refractivity contribution >= 4 is 91.9 Å². The lowest BCUT2D eigenvalue weighted by atomic mass is 9.84. The summed E-state index contributed by atoms with van der Waals surface area (Å²) in [4.78, 5) is 18.5. The summed E-state index contributed by atoms with van der Waals surface area (Å²) in [5.74, 6) is 0. The van der Waals surface area contributed by atoms with Gasteiger partial charge in [0, 0.05) is 112 Å². The third-order valence-electron chi connectivity index (χ3n) is 14.0. The van der Waals surface area contributed by atoms with Gasteiger partial charge >= 0.3 is 0 Å². The molecular weight excluding hydrogens is 889 g/mol. The van der Waals surface area contributed by atoms with E-state index in [4.69, 9.17) is 55.8 Å². The van der Waals surface area contributed by atoms with E-state index in [2.05, 4.69) is 93.1 Å². The quantitative estimate of drug-likeness (QED) is 0.0746. The van der Waals surface area contributed by atoms with Crippen LogP contribution in [0.15, 0.2) is 72.8 Å². The number of fused-ring (bicyclic) bond motifs is 8. The second-order valence-corrected chi connectivity index (χ2v) is 23.6. The third kappa shape index (κ3) is 8.54. The highest BCUT2D eigenvalue weighted by atomic mass is 14.8. The zero-order valence-corrected chi connectivity index (χ0v) is 43.8. The molecule has 370 valence electrons. The number of nitrogen functional groups attached to an aromatic ring is 8. The Morgan fingerprint density at radius 2 is 0.444 bits per heavy atom. The first kappa shape index (κ1) is 48.9. The molecule has 2 aliphatic rings. The molecule has 3 aromatic heterocycles. The van der Waals surface area contributed by atoms with E-state index in [-0.39, 0.29) is 21.7 Å². The largest absolute Gasteiger partial charge is 0.398 e. The van der Waals surface area contributed by atoms with E-state index in [1.54, 1.807) is 0 Å². The normalized spacial score (nSPS) is 13.1. The number of benzene rings is 4. The molecule has 7 aromatic rings. The summed E-state index contributed by atoms with van der Waals surface area (Å²) in [6.45, 7) is 25.6. The van der Waals surface area contributed by atoms with Crippen molar-refractivity contribution in [3.63, 3.8) is 0 Å². The smallest absolute Gasteiger partial charge is 0.0738 e. The van der Waals surface area contributed by atoms with Crippen LogP contribution in [-0.4, -0.2) is 19.9 Å². The Hall–Kier alpha value is -8.12. The molecule has 0 radical (unpaired) electrons. The molecule has 8 bridgehead atoms. The van der Waals surface area contributed by atoms with Gasteiger partial charge in [0.05, 0.1) is 22.8 Å². The Labute approximate surface area is 423 Å². The topological polar surface area (TPSA) is 266 Å². The second-order valence-electron chi connectivity index (χ2n) is 23.6. The highest BCUT2D eigenvalue weighted by Gasteiger charge is 2.28. The van der Waals surface area contributed by atoms with Crippen LogP contribution in [0.2, 0.25) is 0 Å². The summed E-state index contributed by atoms with van der Waals surface area (Å²) in [7, 11) is 0. The van der Waals surface area contributed by atoms with E-state index in [0.29, 0.717) is 135 Å². The Morgan fingerprint density at radius 3 is 0.597 bits per heavy atom. The molecule has 0 unspecified atom stereocenters. The standard InChI is InChI=1S/C60H70N12/c1-57(2,3)29-21-33(61)49(34(62)22-29)53-41-13-15-43(69-41)54(50-35(63)23-30(24-36(50)64)58(4,5)6)45-17-19-47(71-45)56(52-39(67)27-32(28-40(52)68)60(10,11)12)48-20-18-46(72-48)55(44-16-14-42(53)70-44)51-37(65)25-31(26-38(51)66)59(7,8)9/h13-28,69,72H,61-68H2,1-12H3. The molecule has 0 fully saturated rings. The molecule has 12 heteroatoms. The molecule has 0 atom stereocenters. The van der Waals surface area contributed by atoms with Crippen LogP contribution in [0.4, 0.5) is 45.5 Å². The van der Waals surface area contributed by atoms with E-state index in [9.17, 15) is 0 Å². The van der Waals surface area contributed by atoms with Crippen LogP contribution >= 0.6 is 0 Å². The van der Waals surface area contributed by atoms with Gasteiger partial charge in [0.2, 0.25) is 0 Å². The minimum Gasteiger partial charge on any atom is -0.398 e. The number of aromatic nitrogens is 4. The Kier molecular flexibility index (Phi) is 11.4.